The van der Waals surface area contributed by atoms with Crippen LogP contribution in [0.2, 0.25) is 0 Å². The maximum atomic E-state index is 5.65. The summed E-state index contributed by atoms with van der Waals surface area (Å²) in [6, 6.07) is 2.46. The molecule has 0 aromatic carbocycles. The average Bonchev–Trinajstić information content (AvgIpc) is 2.88. The van der Waals surface area contributed by atoms with Gasteiger partial charge in [-0.3, -0.25) is 4.90 Å². The topological polar surface area (TPSA) is 30.3 Å². The second kappa shape index (κ2) is 3.28. The molecule has 1 fully saturated rings. The molecule has 4 nitrogen and oxygen atoms in total. The highest BCUT2D eigenvalue weighted by Gasteiger charge is 2.27. The molecule has 2 aliphatic rings. The van der Waals surface area contributed by atoms with Crippen molar-refractivity contribution in [2.75, 3.05) is 19.7 Å². The molecule has 1 aromatic rings. The van der Waals surface area contributed by atoms with E-state index in [-0.39, 0.29) is 0 Å². The Balaban J connectivity index is 1.74. The number of nitrogens with zero attached hydrogens (tertiary/aromatic N) is 3. The first-order valence-electron chi connectivity index (χ1n) is 5.32. The van der Waals surface area contributed by atoms with Crippen molar-refractivity contribution in [1.29, 1.82) is 0 Å². The number of aromatic nitrogens is 2. The minimum absolute atomic E-state index is 0.532. The predicted molar refractivity (Wildman–Crippen MR) is 52.3 cm³/mol. The van der Waals surface area contributed by atoms with Gasteiger partial charge in [-0.1, -0.05) is 0 Å². The maximum Gasteiger partial charge on any atom is 0.211 e. The van der Waals surface area contributed by atoms with Crippen molar-refractivity contribution < 1.29 is 4.74 Å². The first-order valence-corrected chi connectivity index (χ1v) is 5.32. The second-order valence-electron chi connectivity index (χ2n) is 4.06. The van der Waals surface area contributed by atoms with Gasteiger partial charge >= 0.3 is 0 Å². The van der Waals surface area contributed by atoms with E-state index in [4.69, 9.17) is 4.74 Å². The largest absolute Gasteiger partial charge is 0.476 e. The molecule has 3 rings (SSSR count). The Morgan fingerprint density at radius 3 is 3.07 bits per heavy atom. The zero-order valence-electron chi connectivity index (χ0n) is 8.22. The van der Waals surface area contributed by atoms with E-state index >= 15 is 0 Å². The third-order valence-corrected chi connectivity index (χ3v) is 3.14. The Bertz CT molecular complexity index is 317. The van der Waals surface area contributed by atoms with Gasteiger partial charge in [0.2, 0.25) is 5.88 Å². The lowest BCUT2D eigenvalue weighted by molar-refractivity contribution is 0.102. The minimum Gasteiger partial charge on any atom is -0.476 e. The molecule has 0 amide bonds. The molecule has 2 aliphatic heterocycles. The highest BCUT2D eigenvalue weighted by Crippen LogP contribution is 2.21. The lowest BCUT2D eigenvalue weighted by atomic mass is 10.2. The first kappa shape index (κ1) is 8.29. The molecule has 0 saturated carbocycles. The zero-order valence-corrected chi connectivity index (χ0v) is 8.22. The summed E-state index contributed by atoms with van der Waals surface area (Å²) >= 11 is 0. The van der Waals surface area contributed by atoms with Crippen LogP contribution in [0.1, 0.15) is 12.8 Å². The zero-order chi connectivity index (χ0) is 9.38. The van der Waals surface area contributed by atoms with Crippen LogP contribution in [0.5, 0.6) is 5.88 Å². The van der Waals surface area contributed by atoms with Crippen LogP contribution in [0.15, 0.2) is 12.3 Å². The monoisotopic (exact) mass is 193 g/mol. The van der Waals surface area contributed by atoms with Crippen LogP contribution in [0.25, 0.3) is 0 Å². The number of ether oxygens (including phenoxy) is 1. The van der Waals surface area contributed by atoms with Crippen molar-refractivity contribution in [3.63, 3.8) is 0 Å². The van der Waals surface area contributed by atoms with Gasteiger partial charge in [0.1, 0.15) is 6.61 Å². The Kier molecular flexibility index (Phi) is 1.94. The van der Waals surface area contributed by atoms with Crippen LogP contribution in [0.4, 0.5) is 0 Å². The number of fused-ring (bicyclic) bond motifs is 1. The SMILES string of the molecule is c1cc2n(n1)CC(N1CCCC1)CO2. The van der Waals surface area contributed by atoms with E-state index in [2.05, 4.69) is 10.00 Å². The fourth-order valence-electron chi connectivity index (χ4n) is 2.34. The Labute approximate surface area is 83.5 Å². The van der Waals surface area contributed by atoms with Gasteiger partial charge in [-0.25, -0.2) is 4.68 Å². The summed E-state index contributed by atoms with van der Waals surface area (Å²) in [5.74, 6) is 0.917. The molecular formula is C10H15N3O. The molecule has 14 heavy (non-hydrogen) atoms. The molecule has 0 radical (unpaired) electrons. The average molecular weight is 193 g/mol. The second-order valence-corrected chi connectivity index (χ2v) is 4.06. The third-order valence-electron chi connectivity index (χ3n) is 3.14. The molecule has 0 N–H and O–H groups in total. The Morgan fingerprint density at radius 2 is 2.21 bits per heavy atom. The summed E-state index contributed by atoms with van der Waals surface area (Å²) in [6.07, 6.45) is 4.48. The van der Waals surface area contributed by atoms with E-state index < -0.39 is 0 Å². The van der Waals surface area contributed by atoms with E-state index in [1.165, 1.54) is 25.9 Å². The van der Waals surface area contributed by atoms with Gasteiger partial charge in [-0.15, -0.1) is 0 Å². The summed E-state index contributed by atoms with van der Waals surface area (Å²) in [5.41, 5.74) is 0. The molecule has 1 saturated heterocycles. The summed E-state index contributed by atoms with van der Waals surface area (Å²) in [5, 5.41) is 4.24. The first-order chi connectivity index (χ1) is 6.93. The molecule has 0 aliphatic carbocycles. The Hall–Kier alpha value is -1.03. The van der Waals surface area contributed by atoms with Crippen molar-refractivity contribution in [2.45, 2.75) is 25.4 Å². The molecule has 3 heterocycles. The van der Waals surface area contributed by atoms with Gasteiger partial charge in [0.05, 0.1) is 18.8 Å². The van der Waals surface area contributed by atoms with Crippen LogP contribution in [-0.4, -0.2) is 40.4 Å². The highest BCUT2D eigenvalue weighted by atomic mass is 16.5. The van der Waals surface area contributed by atoms with Gasteiger partial charge in [0.15, 0.2) is 0 Å². The maximum absolute atomic E-state index is 5.65. The van der Waals surface area contributed by atoms with Gasteiger partial charge < -0.3 is 4.74 Å². The normalized spacial score (nSPS) is 27.3. The van der Waals surface area contributed by atoms with Crippen molar-refractivity contribution in [3.05, 3.63) is 12.3 Å². The summed E-state index contributed by atoms with van der Waals surface area (Å²) in [7, 11) is 0. The molecule has 0 bridgehead atoms. The van der Waals surface area contributed by atoms with Crippen LogP contribution >= 0.6 is 0 Å². The van der Waals surface area contributed by atoms with Crippen LogP contribution in [0.3, 0.4) is 0 Å². The van der Waals surface area contributed by atoms with Gasteiger partial charge in [-0.2, -0.15) is 5.10 Å². The van der Waals surface area contributed by atoms with Gasteiger partial charge in [0.25, 0.3) is 0 Å². The third kappa shape index (κ3) is 1.30. The minimum atomic E-state index is 0.532. The quantitative estimate of drug-likeness (QED) is 0.659. The molecular weight excluding hydrogens is 178 g/mol. The molecule has 1 unspecified atom stereocenters. The van der Waals surface area contributed by atoms with E-state index in [0.717, 1.165) is 19.0 Å². The smallest absolute Gasteiger partial charge is 0.211 e. The molecule has 0 spiro atoms. The van der Waals surface area contributed by atoms with Crippen LogP contribution < -0.4 is 4.74 Å². The van der Waals surface area contributed by atoms with Crippen LogP contribution in [0, 0.1) is 0 Å². The summed E-state index contributed by atoms with van der Waals surface area (Å²) in [4.78, 5) is 2.52. The van der Waals surface area contributed by atoms with E-state index in [9.17, 15) is 0 Å². The fraction of sp³-hybridized carbons (Fsp3) is 0.700. The van der Waals surface area contributed by atoms with Crippen molar-refractivity contribution in [1.82, 2.24) is 14.7 Å². The number of hydrogen-bond donors (Lipinski definition) is 0. The van der Waals surface area contributed by atoms with Crippen molar-refractivity contribution >= 4 is 0 Å². The van der Waals surface area contributed by atoms with Crippen molar-refractivity contribution in [2.24, 2.45) is 0 Å². The highest BCUT2D eigenvalue weighted by molar-refractivity contribution is 5.10. The Morgan fingerprint density at radius 1 is 1.36 bits per heavy atom. The number of rotatable bonds is 1. The van der Waals surface area contributed by atoms with E-state index in [0.29, 0.717) is 6.04 Å². The van der Waals surface area contributed by atoms with E-state index in [1.807, 2.05) is 16.9 Å². The number of hydrogen-bond acceptors (Lipinski definition) is 3. The van der Waals surface area contributed by atoms with E-state index in [1.54, 1.807) is 0 Å². The molecule has 76 valence electrons. The van der Waals surface area contributed by atoms with Crippen LogP contribution in [-0.2, 0) is 6.54 Å². The molecule has 1 aromatic heterocycles. The lowest BCUT2D eigenvalue weighted by Gasteiger charge is -2.31. The summed E-state index contributed by atoms with van der Waals surface area (Å²) < 4.78 is 7.61. The predicted octanol–water partition coefficient (Wildman–Crippen LogP) is 0.740. The van der Waals surface area contributed by atoms with Gasteiger partial charge in [-0.05, 0) is 25.9 Å². The standard InChI is InChI=1S/C10H15N3O/c1-2-6-12(5-1)9-7-13-10(14-8-9)3-4-11-13/h3-4,9H,1-2,5-8H2. The van der Waals surface area contributed by atoms with Gasteiger partial charge in [0, 0.05) is 6.07 Å². The summed E-state index contributed by atoms with van der Waals surface area (Å²) in [6.45, 7) is 4.27. The lowest BCUT2D eigenvalue weighted by Crippen LogP contribution is -2.43. The fourth-order valence-corrected chi connectivity index (χ4v) is 2.34. The van der Waals surface area contributed by atoms with Crippen molar-refractivity contribution in [3.8, 4) is 5.88 Å². The number of likely N-dealkylation sites (tertiary alicyclic amines) is 1. The molecule has 1 atom stereocenters. The molecule has 4 heteroatoms.